The second kappa shape index (κ2) is 4.79. The van der Waals surface area contributed by atoms with Crippen molar-refractivity contribution in [2.24, 2.45) is 0 Å². The lowest BCUT2D eigenvalue weighted by Crippen LogP contribution is -1.96. The maximum absolute atomic E-state index is 13.1. The van der Waals surface area contributed by atoms with Gasteiger partial charge in [-0.25, -0.2) is 4.39 Å². The van der Waals surface area contributed by atoms with Crippen molar-refractivity contribution >= 4 is 22.9 Å². The number of aryl methyl sites for hydroxylation is 3. The minimum absolute atomic E-state index is 0.186. The van der Waals surface area contributed by atoms with Gasteiger partial charge in [0.1, 0.15) is 5.82 Å². The van der Waals surface area contributed by atoms with Gasteiger partial charge in [-0.05, 0) is 55.7 Å². The van der Waals surface area contributed by atoms with Gasteiger partial charge >= 0.3 is 0 Å². The van der Waals surface area contributed by atoms with Gasteiger partial charge in [0.2, 0.25) is 0 Å². The third-order valence-electron chi connectivity index (χ3n) is 2.81. The average molecular weight is 269 g/mol. The summed E-state index contributed by atoms with van der Waals surface area (Å²) in [5, 5.41) is -0.186. The molecule has 0 radical (unpaired) electrons. The molecule has 0 spiro atoms. The van der Waals surface area contributed by atoms with Crippen LogP contribution in [0.2, 0.25) is 0 Å². The first-order valence-corrected chi connectivity index (χ1v) is 6.71. The summed E-state index contributed by atoms with van der Waals surface area (Å²) in [4.78, 5) is 2.40. The highest BCUT2D eigenvalue weighted by Crippen LogP contribution is 2.37. The molecule has 0 bridgehead atoms. The lowest BCUT2D eigenvalue weighted by atomic mass is 10.0. The number of benzene rings is 1. The van der Waals surface area contributed by atoms with Gasteiger partial charge < -0.3 is 0 Å². The van der Waals surface area contributed by atoms with Gasteiger partial charge in [0.05, 0.1) is 5.38 Å². The van der Waals surface area contributed by atoms with E-state index in [0.29, 0.717) is 0 Å². The first-order valence-electron chi connectivity index (χ1n) is 5.46. The Morgan fingerprint density at radius 3 is 2.35 bits per heavy atom. The number of thiophene rings is 1. The summed E-state index contributed by atoms with van der Waals surface area (Å²) in [5.74, 6) is -0.214. The highest BCUT2D eigenvalue weighted by molar-refractivity contribution is 7.12. The Hall–Kier alpha value is -0.860. The summed E-state index contributed by atoms with van der Waals surface area (Å²) in [6.07, 6.45) is 0. The maximum Gasteiger partial charge on any atom is 0.123 e. The van der Waals surface area contributed by atoms with Gasteiger partial charge in [-0.1, -0.05) is 6.07 Å². The molecule has 0 N–H and O–H groups in total. The fourth-order valence-electron chi connectivity index (χ4n) is 1.98. The van der Waals surface area contributed by atoms with Crippen molar-refractivity contribution in [2.75, 3.05) is 0 Å². The van der Waals surface area contributed by atoms with Crippen molar-refractivity contribution in [3.05, 3.63) is 56.5 Å². The zero-order valence-electron chi connectivity index (χ0n) is 10.1. The first-order chi connectivity index (χ1) is 7.99. The molecular weight excluding hydrogens is 255 g/mol. The Labute approximate surface area is 110 Å². The molecule has 1 heterocycles. The highest BCUT2D eigenvalue weighted by atomic mass is 35.5. The molecule has 1 aromatic heterocycles. The molecule has 0 saturated heterocycles. The van der Waals surface area contributed by atoms with Gasteiger partial charge in [0.25, 0.3) is 0 Å². The van der Waals surface area contributed by atoms with E-state index in [1.54, 1.807) is 17.4 Å². The van der Waals surface area contributed by atoms with Crippen LogP contribution in [-0.2, 0) is 0 Å². The quantitative estimate of drug-likeness (QED) is 0.662. The zero-order chi connectivity index (χ0) is 12.6. The van der Waals surface area contributed by atoms with Crippen molar-refractivity contribution in [1.82, 2.24) is 0 Å². The molecule has 0 aliphatic rings. The molecule has 1 atom stereocenters. The second-order valence-corrected chi connectivity index (χ2v) is 5.99. The topological polar surface area (TPSA) is 0 Å². The van der Waals surface area contributed by atoms with Crippen LogP contribution < -0.4 is 0 Å². The smallest absolute Gasteiger partial charge is 0.123 e. The number of halogens is 2. The van der Waals surface area contributed by atoms with E-state index in [2.05, 4.69) is 19.9 Å². The molecule has 0 nitrogen and oxygen atoms in total. The minimum Gasteiger partial charge on any atom is -0.207 e. The average Bonchev–Trinajstić information content (AvgIpc) is 2.57. The molecule has 1 aromatic carbocycles. The number of hydrogen-bond acceptors (Lipinski definition) is 1. The van der Waals surface area contributed by atoms with Gasteiger partial charge in [-0.3, -0.25) is 0 Å². The Bertz CT molecular complexity index is 545. The summed E-state index contributed by atoms with van der Waals surface area (Å²) in [7, 11) is 0. The predicted octanol–water partition coefficient (Wildman–Crippen LogP) is 5.14. The van der Waals surface area contributed by atoms with Crippen LogP contribution in [0.15, 0.2) is 24.3 Å². The van der Waals surface area contributed by atoms with E-state index in [1.807, 2.05) is 6.92 Å². The van der Waals surface area contributed by atoms with Crippen molar-refractivity contribution in [2.45, 2.75) is 26.1 Å². The molecule has 1 unspecified atom stereocenters. The van der Waals surface area contributed by atoms with E-state index in [9.17, 15) is 4.39 Å². The van der Waals surface area contributed by atoms with Crippen LogP contribution >= 0.6 is 22.9 Å². The third kappa shape index (κ3) is 2.53. The zero-order valence-corrected chi connectivity index (χ0v) is 11.6. The Kier molecular flexibility index (Phi) is 3.55. The summed E-state index contributed by atoms with van der Waals surface area (Å²) < 4.78 is 13.1. The fourth-order valence-corrected chi connectivity index (χ4v) is 3.56. The molecule has 0 aliphatic carbocycles. The van der Waals surface area contributed by atoms with Crippen molar-refractivity contribution in [3.8, 4) is 0 Å². The molecule has 0 amide bonds. The SMILES string of the molecule is Cc1cc(C)c(C(Cl)c2ccc(F)cc2C)s1. The summed E-state index contributed by atoms with van der Waals surface area (Å²) in [6, 6.07) is 6.90. The number of hydrogen-bond donors (Lipinski definition) is 0. The highest BCUT2D eigenvalue weighted by Gasteiger charge is 2.17. The van der Waals surface area contributed by atoms with Crippen LogP contribution in [0.25, 0.3) is 0 Å². The summed E-state index contributed by atoms with van der Waals surface area (Å²) >= 11 is 8.20. The summed E-state index contributed by atoms with van der Waals surface area (Å²) in [5.41, 5.74) is 3.09. The largest absolute Gasteiger partial charge is 0.207 e. The van der Waals surface area contributed by atoms with Gasteiger partial charge in [-0.2, -0.15) is 0 Å². The van der Waals surface area contributed by atoms with Crippen LogP contribution in [0.4, 0.5) is 4.39 Å². The summed E-state index contributed by atoms with van der Waals surface area (Å²) in [6.45, 7) is 6.03. The van der Waals surface area contributed by atoms with Gasteiger partial charge in [0, 0.05) is 9.75 Å². The lowest BCUT2D eigenvalue weighted by Gasteiger charge is -2.12. The standard InChI is InChI=1S/C14H14ClFS/c1-8-7-11(16)4-5-12(8)13(15)14-9(2)6-10(3)17-14/h4-7,13H,1-3H3. The Morgan fingerprint density at radius 2 is 1.82 bits per heavy atom. The Balaban J connectivity index is 2.43. The van der Waals surface area contributed by atoms with Crippen LogP contribution in [0.1, 0.15) is 31.8 Å². The Morgan fingerprint density at radius 1 is 1.12 bits per heavy atom. The van der Waals surface area contributed by atoms with Crippen LogP contribution in [0, 0.1) is 26.6 Å². The normalized spacial score (nSPS) is 12.8. The van der Waals surface area contributed by atoms with E-state index >= 15 is 0 Å². The third-order valence-corrected chi connectivity index (χ3v) is 4.61. The van der Waals surface area contributed by atoms with Gasteiger partial charge in [0.15, 0.2) is 0 Å². The first kappa shape index (κ1) is 12.6. The molecule has 0 aliphatic heterocycles. The molecule has 2 aromatic rings. The fraction of sp³-hybridized carbons (Fsp3) is 0.286. The molecule has 0 fully saturated rings. The molecule has 0 saturated carbocycles. The molecule has 90 valence electrons. The predicted molar refractivity (Wildman–Crippen MR) is 72.6 cm³/mol. The van der Waals surface area contributed by atoms with E-state index in [0.717, 1.165) is 16.0 Å². The minimum atomic E-state index is -0.214. The van der Waals surface area contributed by atoms with Crippen LogP contribution in [0.5, 0.6) is 0 Å². The monoisotopic (exact) mass is 268 g/mol. The number of rotatable bonds is 2. The second-order valence-electron chi connectivity index (χ2n) is 4.27. The lowest BCUT2D eigenvalue weighted by molar-refractivity contribution is 0.625. The van der Waals surface area contributed by atoms with E-state index in [4.69, 9.17) is 11.6 Å². The van der Waals surface area contributed by atoms with Crippen molar-refractivity contribution < 1.29 is 4.39 Å². The number of alkyl halides is 1. The van der Waals surface area contributed by atoms with Crippen LogP contribution in [0.3, 0.4) is 0 Å². The molecular formula is C14H14ClFS. The molecule has 17 heavy (non-hydrogen) atoms. The van der Waals surface area contributed by atoms with Gasteiger partial charge in [-0.15, -0.1) is 22.9 Å². The van der Waals surface area contributed by atoms with Crippen LogP contribution in [-0.4, -0.2) is 0 Å². The maximum atomic E-state index is 13.1. The van der Waals surface area contributed by atoms with E-state index < -0.39 is 0 Å². The van der Waals surface area contributed by atoms with Crippen molar-refractivity contribution in [1.29, 1.82) is 0 Å². The molecule has 2 rings (SSSR count). The van der Waals surface area contributed by atoms with Crippen molar-refractivity contribution in [3.63, 3.8) is 0 Å². The van der Waals surface area contributed by atoms with E-state index in [1.165, 1.54) is 22.6 Å². The van der Waals surface area contributed by atoms with E-state index in [-0.39, 0.29) is 11.2 Å². The molecule has 3 heteroatoms.